The third kappa shape index (κ3) is 5.71. The number of anilines is 1. The van der Waals surface area contributed by atoms with Gasteiger partial charge in [-0.3, -0.25) is 9.59 Å². The van der Waals surface area contributed by atoms with Crippen molar-refractivity contribution in [2.24, 2.45) is 5.92 Å². The lowest BCUT2D eigenvalue weighted by Crippen LogP contribution is -2.49. The van der Waals surface area contributed by atoms with Crippen molar-refractivity contribution < 1.29 is 14.4 Å². The summed E-state index contributed by atoms with van der Waals surface area (Å²) >= 11 is 0. The lowest BCUT2D eigenvalue weighted by molar-refractivity contribution is -0.121. The minimum Gasteiger partial charge on any atom is -0.350 e. The third-order valence-electron chi connectivity index (χ3n) is 4.91. The Morgan fingerprint density at radius 3 is 2.57 bits per heavy atom. The molecular formula is C21H32N4O3. The summed E-state index contributed by atoms with van der Waals surface area (Å²) < 4.78 is 0. The maximum atomic E-state index is 12.7. The van der Waals surface area contributed by atoms with E-state index in [0.29, 0.717) is 37.4 Å². The van der Waals surface area contributed by atoms with Crippen LogP contribution in [0.5, 0.6) is 0 Å². The highest BCUT2D eigenvalue weighted by Crippen LogP contribution is 2.20. The summed E-state index contributed by atoms with van der Waals surface area (Å²) in [5.41, 5.74) is 1.10. The number of hydrogen-bond donors (Lipinski definition) is 2. The molecule has 1 aromatic rings. The van der Waals surface area contributed by atoms with Gasteiger partial charge in [-0.15, -0.1) is 0 Å². The van der Waals surface area contributed by atoms with Crippen LogP contribution in [0.2, 0.25) is 0 Å². The largest absolute Gasteiger partial charge is 0.350 e. The van der Waals surface area contributed by atoms with Gasteiger partial charge in [0.15, 0.2) is 0 Å². The maximum Gasteiger partial charge on any atom is 0.320 e. The molecule has 0 aromatic heterocycles. The molecule has 2 rings (SSSR count). The zero-order valence-electron chi connectivity index (χ0n) is 17.3. The zero-order valence-corrected chi connectivity index (χ0v) is 17.3. The van der Waals surface area contributed by atoms with E-state index in [4.69, 9.17) is 0 Å². The number of hydrogen-bond acceptors (Lipinski definition) is 3. The Labute approximate surface area is 167 Å². The van der Waals surface area contributed by atoms with Crippen LogP contribution in [0.1, 0.15) is 50.9 Å². The lowest BCUT2D eigenvalue weighted by Gasteiger charge is -2.35. The number of rotatable bonds is 6. The topological polar surface area (TPSA) is 81.8 Å². The average molecular weight is 389 g/mol. The second-order valence-corrected chi connectivity index (χ2v) is 7.44. The lowest BCUT2D eigenvalue weighted by atomic mass is 9.97. The van der Waals surface area contributed by atoms with E-state index < -0.39 is 0 Å². The van der Waals surface area contributed by atoms with Crippen molar-refractivity contribution in [2.45, 2.75) is 46.6 Å². The molecule has 7 nitrogen and oxygen atoms in total. The van der Waals surface area contributed by atoms with Gasteiger partial charge in [-0.05, 0) is 58.7 Å². The minimum atomic E-state index is -0.249. The number of urea groups is 1. The number of carbonyl (C=O) groups excluding carboxylic acids is 3. The molecule has 0 saturated carbocycles. The van der Waals surface area contributed by atoms with E-state index >= 15 is 0 Å². The van der Waals surface area contributed by atoms with Gasteiger partial charge in [-0.25, -0.2) is 4.79 Å². The number of amides is 4. The summed E-state index contributed by atoms with van der Waals surface area (Å²) in [6.07, 6.45) is 1.56. The van der Waals surface area contributed by atoms with Gasteiger partial charge in [0.2, 0.25) is 5.91 Å². The molecule has 0 unspecified atom stereocenters. The number of likely N-dealkylation sites (tertiary alicyclic amines) is 1. The van der Waals surface area contributed by atoms with Crippen LogP contribution in [0.25, 0.3) is 0 Å². The summed E-state index contributed by atoms with van der Waals surface area (Å²) in [5.74, 6) is -0.528. The van der Waals surface area contributed by atoms with Crippen LogP contribution in [-0.4, -0.2) is 59.9 Å². The highest BCUT2D eigenvalue weighted by molar-refractivity contribution is 5.98. The quantitative estimate of drug-likeness (QED) is 0.786. The summed E-state index contributed by atoms with van der Waals surface area (Å²) in [6.45, 7) is 10.1. The van der Waals surface area contributed by atoms with Gasteiger partial charge in [-0.2, -0.15) is 0 Å². The standard InChI is InChI=1S/C21H32N4O3/c1-5-24(6-2)21(28)25-12-8-10-17(14-25)20(27)23-18-11-7-9-16(13-18)19(26)22-15(3)4/h7,9,11,13,15,17H,5-6,8,10,12,14H2,1-4H3,(H,22,26)(H,23,27)/t17-/m1/s1. The van der Waals surface area contributed by atoms with Crippen molar-refractivity contribution in [1.82, 2.24) is 15.1 Å². The fraction of sp³-hybridized carbons (Fsp3) is 0.571. The summed E-state index contributed by atoms with van der Waals surface area (Å²) in [5, 5.41) is 5.75. The molecule has 0 bridgehead atoms. The number of carbonyl (C=O) groups is 3. The molecule has 7 heteroatoms. The van der Waals surface area contributed by atoms with Crippen LogP contribution in [0.4, 0.5) is 10.5 Å². The third-order valence-corrected chi connectivity index (χ3v) is 4.91. The molecule has 154 valence electrons. The number of nitrogens with one attached hydrogen (secondary N) is 2. The summed E-state index contributed by atoms with van der Waals surface area (Å²) in [4.78, 5) is 41.0. The van der Waals surface area contributed by atoms with Gasteiger partial charge in [0.25, 0.3) is 5.91 Å². The van der Waals surface area contributed by atoms with E-state index in [0.717, 1.165) is 12.8 Å². The second-order valence-electron chi connectivity index (χ2n) is 7.44. The summed E-state index contributed by atoms with van der Waals surface area (Å²) in [7, 11) is 0. The van der Waals surface area contributed by atoms with Crippen LogP contribution in [0, 0.1) is 5.92 Å². The molecule has 4 amide bonds. The van der Waals surface area contributed by atoms with Crippen LogP contribution in [0.15, 0.2) is 24.3 Å². The van der Waals surface area contributed by atoms with Crippen molar-refractivity contribution in [1.29, 1.82) is 0 Å². The first kappa shape index (κ1) is 21.7. The number of benzene rings is 1. The smallest absolute Gasteiger partial charge is 0.320 e. The molecule has 1 saturated heterocycles. The predicted octanol–water partition coefficient (Wildman–Crippen LogP) is 2.94. The van der Waals surface area contributed by atoms with Crippen molar-refractivity contribution in [3.8, 4) is 0 Å². The SMILES string of the molecule is CCN(CC)C(=O)N1CCC[C@@H](C(=O)Nc2cccc(C(=O)NC(C)C)c2)C1. The highest BCUT2D eigenvalue weighted by atomic mass is 16.2. The van der Waals surface area contributed by atoms with Crippen molar-refractivity contribution in [3.63, 3.8) is 0 Å². The van der Waals surface area contributed by atoms with Gasteiger partial charge < -0.3 is 20.4 Å². The van der Waals surface area contributed by atoms with E-state index in [9.17, 15) is 14.4 Å². The first-order valence-corrected chi connectivity index (χ1v) is 10.1. The van der Waals surface area contributed by atoms with E-state index in [1.807, 2.05) is 27.7 Å². The summed E-state index contributed by atoms with van der Waals surface area (Å²) in [6, 6.07) is 6.96. The first-order chi connectivity index (χ1) is 13.3. The number of nitrogens with zero attached hydrogens (tertiary/aromatic N) is 2. The normalized spacial score (nSPS) is 16.6. The molecule has 1 aromatic carbocycles. The molecule has 0 aliphatic carbocycles. The molecule has 1 aliphatic heterocycles. The van der Waals surface area contributed by atoms with E-state index in [-0.39, 0.29) is 29.8 Å². The van der Waals surface area contributed by atoms with Crippen LogP contribution in [-0.2, 0) is 4.79 Å². The highest BCUT2D eigenvalue weighted by Gasteiger charge is 2.30. The molecule has 1 heterocycles. The minimum absolute atomic E-state index is 0.00476. The van der Waals surface area contributed by atoms with Gasteiger partial charge >= 0.3 is 6.03 Å². The van der Waals surface area contributed by atoms with E-state index in [1.165, 1.54) is 0 Å². The van der Waals surface area contributed by atoms with Crippen LogP contribution >= 0.6 is 0 Å². The van der Waals surface area contributed by atoms with Gasteiger partial charge in [0, 0.05) is 43.5 Å². The van der Waals surface area contributed by atoms with Gasteiger partial charge in [-0.1, -0.05) is 6.07 Å². The average Bonchev–Trinajstić information content (AvgIpc) is 2.68. The molecule has 1 aliphatic rings. The Kier molecular flexibility index (Phi) is 7.84. The molecule has 2 N–H and O–H groups in total. The molecule has 1 fully saturated rings. The van der Waals surface area contributed by atoms with E-state index in [1.54, 1.807) is 34.1 Å². The Morgan fingerprint density at radius 1 is 1.21 bits per heavy atom. The van der Waals surface area contributed by atoms with Crippen LogP contribution < -0.4 is 10.6 Å². The zero-order chi connectivity index (χ0) is 20.7. The van der Waals surface area contributed by atoms with Crippen molar-refractivity contribution in [2.75, 3.05) is 31.5 Å². The fourth-order valence-corrected chi connectivity index (χ4v) is 3.39. The monoisotopic (exact) mass is 388 g/mol. The Morgan fingerprint density at radius 2 is 1.93 bits per heavy atom. The molecular weight excluding hydrogens is 356 g/mol. The Balaban J connectivity index is 2.00. The van der Waals surface area contributed by atoms with Gasteiger partial charge in [0.05, 0.1) is 5.92 Å². The maximum absolute atomic E-state index is 12.7. The molecule has 0 spiro atoms. The van der Waals surface area contributed by atoms with Crippen molar-refractivity contribution >= 4 is 23.5 Å². The second kappa shape index (κ2) is 10.1. The molecule has 0 radical (unpaired) electrons. The van der Waals surface area contributed by atoms with Gasteiger partial charge in [0.1, 0.15) is 0 Å². The van der Waals surface area contributed by atoms with E-state index in [2.05, 4.69) is 10.6 Å². The number of piperidine rings is 1. The van der Waals surface area contributed by atoms with Crippen LogP contribution in [0.3, 0.4) is 0 Å². The molecule has 28 heavy (non-hydrogen) atoms. The predicted molar refractivity (Wildman–Crippen MR) is 110 cm³/mol. The fourth-order valence-electron chi connectivity index (χ4n) is 3.39. The van der Waals surface area contributed by atoms with Crippen molar-refractivity contribution in [3.05, 3.63) is 29.8 Å². The Hall–Kier alpha value is -2.57. The molecule has 1 atom stereocenters. The Bertz CT molecular complexity index is 701. The first-order valence-electron chi connectivity index (χ1n) is 10.1.